The maximum atomic E-state index is 11.1. The van der Waals surface area contributed by atoms with Gasteiger partial charge in [-0.2, -0.15) is 0 Å². The fraction of sp³-hybridized carbons (Fsp3) is 0.364. The van der Waals surface area contributed by atoms with Gasteiger partial charge in [-0.15, -0.1) is 0 Å². The Labute approximate surface area is 108 Å². The molecule has 1 amide bonds. The number of nitrogens with one attached hydrogen (secondary N) is 1. The number of nitro groups is 2. The van der Waals surface area contributed by atoms with Crippen molar-refractivity contribution in [2.24, 2.45) is 0 Å². The summed E-state index contributed by atoms with van der Waals surface area (Å²) in [5.74, 6) is -0.470. The third kappa shape index (κ3) is 2.84. The van der Waals surface area contributed by atoms with Crippen molar-refractivity contribution in [1.82, 2.24) is 0 Å². The van der Waals surface area contributed by atoms with Crippen molar-refractivity contribution in [1.29, 1.82) is 0 Å². The standard InChI is InChI=1S/C11H13N3O5/c1-4-8-9(13(16)17)5-6(2)10(12-7(3)15)11(8)14(18)19/h5H,4H2,1-3H3,(H,12,15). The second kappa shape index (κ2) is 5.42. The minimum atomic E-state index is -0.704. The number of carbonyl (C=O) groups is 1. The molecule has 0 aliphatic rings. The summed E-state index contributed by atoms with van der Waals surface area (Å²) in [7, 11) is 0. The van der Waals surface area contributed by atoms with E-state index in [0.29, 0.717) is 0 Å². The van der Waals surface area contributed by atoms with Gasteiger partial charge in [0.05, 0.1) is 9.85 Å². The molecule has 1 aromatic carbocycles. The summed E-state index contributed by atoms with van der Waals surface area (Å²) >= 11 is 0. The van der Waals surface area contributed by atoms with Crippen LogP contribution in [-0.2, 0) is 11.2 Å². The topological polar surface area (TPSA) is 115 Å². The first-order chi connectivity index (χ1) is 8.79. The summed E-state index contributed by atoms with van der Waals surface area (Å²) in [6, 6.07) is 1.23. The fourth-order valence-electron chi connectivity index (χ4n) is 1.87. The summed E-state index contributed by atoms with van der Waals surface area (Å²) in [6.07, 6.45) is 0.124. The number of anilines is 1. The van der Waals surface area contributed by atoms with Gasteiger partial charge in [0.2, 0.25) is 5.91 Å². The Morgan fingerprint density at radius 3 is 2.26 bits per heavy atom. The number of carbonyl (C=O) groups excluding carboxylic acids is 1. The number of benzene rings is 1. The van der Waals surface area contributed by atoms with E-state index < -0.39 is 21.4 Å². The highest BCUT2D eigenvalue weighted by Crippen LogP contribution is 2.38. The van der Waals surface area contributed by atoms with Gasteiger partial charge >= 0.3 is 5.69 Å². The fourth-order valence-corrected chi connectivity index (χ4v) is 1.87. The summed E-state index contributed by atoms with van der Waals surface area (Å²) in [5.41, 5.74) is -0.416. The molecule has 0 bridgehead atoms. The molecular formula is C11H13N3O5. The van der Waals surface area contributed by atoms with Crippen molar-refractivity contribution in [3.05, 3.63) is 37.4 Å². The first kappa shape index (κ1) is 14.6. The van der Waals surface area contributed by atoms with Crippen LogP contribution in [0.1, 0.15) is 25.0 Å². The van der Waals surface area contributed by atoms with Crippen LogP contribution in [0.3, 0.4) is 0 Å². The number of nitro benzene ring substituents is 2. The summed E-state index contributed by atoms with van der Waals surface area (Å²) in [6.45, 7) is 4.28. The Morgan fingerprint density at radius 1 is 1.32 bits per heavy atom. The summed E-state index contributed by atoms with van der Waals surface area (Å²) < 4.78 is 0. The van der Waals surface area contributed by atoms with Crippen molar-refractivity contribution >= 4 is 23.0 Å². The van der Waals surface area contributed by atoms with Gasteiger partial charge in [-0.1, -0.05) is 6.92 Å². The number of rotatable bonds is 4. The second-order valence-corrected chi connectivity index (χ2v) is 3.96. The van der Waals surface area contributed by atoms with E-state index >= 15 is 0 Å². The quantitative estimate of drug-likeness (QED) is 0.663. The van der Waals surface area contributed by atoms with Gasteiger partial charge < -0.3 is 5.32 Å². The minimum Gasteiger partial charge on any atom is -0.320 e. The van der Waals surface area contributed by atoms with E-state index in [9.17, 15) is 25.0 Å². The molecule has 0 radical (unpaired) electrons. The molecule has 0 fully saturated rings. The van der Waals surface area contributed by atoms with Crippen LogP contribution >= 0.6 is 0 Å². The molecule has 0 unspecified atom stereocenters. The molecule has 0 aliphatic heterocycles. The Hall–Kier alpha value is -2.51. The van der Waals surface area contributed by atoms with Crippen LogP contribution in [0.25, 0.3) is 0 Å². The van der Waals surface area contributed by atoms with Crippen molar-refractivity contribution in [2.75, 3.05) is 5.32 Å². The van der Waals surface area contributed by atoms with Gasteiger partial charge in [-0.25, -0.2) is 0 Å². The van der Waals surface area contributed by atoms with E-state index in [2.05, 4.69) is 5.32 Å². The highest BCUT2D eigenvalue weighted by atomic mass is 16.6. The van der Waals surface area contributed by atoms with Crippen LogP contribution < -0.4 is 5.32 Å². The Balaban J connectivity index is 3.70. The smallest absolute Gasteiger partial charge is 0.303 e. The zero-order chi connectivity index (χ0) is 14.7. The zero-order valence-electron chi connectivity index (χ0n) is 10.7. The monoisotopic (exact) mass is 267 g/mol. The molecule has 1 rings (SSSR count). The zero-order valence-corrected chi connectivity index (χ0v) is 10.7. The maximum absolute atomic E-state index is 11.1. The van der Waals surface area contributed by atoms with Crippen LogP contribution in [0.15, 0.2) is 6.07 Å². The van der Waals surface area contributed by atoms with Gasteiger partial charge in [0, 0.05) is 13.0 Å². The predicted octanol–water partition coefficient (Wildman–Crippen LogP) is 2.33. The van der Waals surface area contributed by atoms with Crippen molar-refractivity contribution < 1.29 is 14.6 Å². The summed E-state index contributed by atoms with van der Waals surface area (Å²) in [4.78, 5) is 31.8. The molecule has 8 nitrogen and oxygen atoms in total. The highest BCUT2D eigenvalue weighted by molar-refractivity contribution is 5.93. The summed E-state index contributed by atoms with van der Waals surface area (Å²) in [5, 5.41) is 24.4. The predicted molar refractivity (Wildman–Crippen MR) is 68.2 cm³/mol. The van der Waals surface area contributed by atoms with Crippen molar-refractivity contribution in [3.8, 4) is 0 Å². The first-order valence-electron chi connectivity index (χ1n) is 5.52. The lowest BCUT2D eigenvalue weighted by Crippen LogP contribution is -2.12. The molecule has 8 heteroatoms. The van der Waals surface area contributed by atoms with Gasteiger partial charge in [0.15, 0.2) is 0 Å². The lowest BCUT2D eigenvalue weighted by Gasteiger charge is -2.10. The second-order valence-electron chi connectivity index (χ2n) is 3.96. The van der Waals surface area contributed by atoms with E-state index in [-0.39, 0.29) is 28.9 Å². The lowest BCUT2D eigenvalue weighted by atomic mass is 10.0. The largest absolute Gasteiger partial charge is 0.320 e. The number of aryl methyl sites for hydroxylation is 1. The molecule has 0 spiro atoms. The van der Waals surface area contributed by atoms with E-state index in [1.165, 1.54) is 19.9 Å². The van der Waals surface area contributed by atoms with E-state index in [0.717, 1.165) is 0 Å². The molecule has 0 atom stereocenters. The molecule has 0 saturated heterocycles. The lowest BCUT2D eigenvalue weighted by molar-refractivity contribution is -0.395. The molecule has 102 valence electrons. The third-order valence-electron chi connectivity index (χ3n) is 2.61. The van der Waals surface area contributed by atoms with Crippen LogP contribution in [0, 0.1) is 27.2 Å². The first-order valence-corrected chi connectivity index (χ1v) is 5.52. The highest BCUT2D eigenvalue weighted by Gasteiger charge is 2.30. The molecule has 1 aromatic rings. The molecule has 0 saturated carbocycles. The maximum Gasteiger partial charge on any atom is 0.303 e. The van der Waals surface area contributed by atoms with E-state index in [1.807, 2.05) is 0 Å². The Morgan fingerprint density at radius 2 is 1.89 bits per heavy atom. The molecule has 19 heavy (non-hydrogen) atoms. The average Bonchev–Trinajstić information content (AvgIpc) is 2.29. The van der Waals surface area contributed by atoms with Gasteiger partial charge in [0.25, 0.3) is 5.69 Å². The Bertz CT molecular complexity index is 568. The number of hydrogen-bond donors (Lipinski definition) is 1. The number of hydrogen-bond acceptors (Lipinski definition) is 5. The van der Waals surface area contributed by atoms with Crippen LogP contribution in [0.2, 0.25) is 0 Å². The van der Waals surface area contributed by atoms with Crippen molar-refractivity contribution in [3.63, 3.8) is 0 Å². The molecule has 0 aliphatic carbocycles. The van der Waals surface area contributed by atoms with Crippen LogP contribution in [-0.4, -0.2) is 15.8 Å². The average molecular weight is 267 g/mol. The Kier molecular flexibility index (Phi) is 4.15. The third-order valence-corrected chi connectivity index (χ3v) is 2.61. The van der Waals surface area contributed by atoms with E-state index in [4.69, 9.17) is 0 Å². The molecular weight excluding hydrogens is 254 g/mol. The van der Waals surface area contributed by atoms with Crippen LogP contribution in [0.4, 0.5) is 17.1 Å². The van der Waals surface area contributed by atoms with Gasteiger partial charge in [-0.3, -0.25) is 25.0 Å². The normalized spacial score (nSPS) is 10.1. The van der Waals surface area contributed by atoms with Gasteiger partial charge in [-0.05, 0) is 18.9 Å². The molecule has 0 aromatic heterocycles. The van der Waals surface area contributed by atoms with Gasteiger partial charge in [0.1, 0.15) is 11.3 Å². The molecule has 0 heterocycles. The van der Waals surface area contributed by atoms with Crippen LogP contribution in [0.5, 0.6) is 0 Å². The SMILES string of the molecule is CCc1c([N+](=O)[O-])cc(C)c(NC(C)=O)c1[N+](=O)[O-]. The number of nitrogens with zero attached hydrogens (tertiary/aromatic N) is 2. The number of amides is 1. The van der Waals surface area contributed by atoms with E-state index in [1.54, 1.807) is 6.92 Å². The van der Waals surface area contributed by atoms with Crippen molar-refractivity contribution in [2.45, 2.75) is 27.2 Å². The minimum absolute atomic E-state index is 0.00403. The molecule has 1 N–H and O–H groups in total.